The average Bonchev–Trinajstić information content (AvgIpc) is 2.77. The second-order valence-corrected chi connectivity index (χ2v) is 7.60. The van der Waals surface area contributed by atoms with E-state index in [1.807, 2.05) is 63.2 Å². The Morgan fingerprint density at radius 2 is 1.73 bits per heavy atom. The summed E-state index contributed by atoms with van der Waals surface area (Å²) in [6.45, 7) is 7.81. The van der Waals surface area contributed by atoms with Crippen LogP contribution in [0.15, 0.2) is 53.5 Å². The van der Waals surface area contributed by atoms with Crippen LogP contribution in [0.2, 0.25) is 0 Å². The molecule has 3 amide bonds. The number of aliphatic imine (C=N–C) groups is 1. The van der Waals surface area contributed by atoms with Crippen molar-refractivity contribution >= 4 is 47.6 Å². The molecular weight excluding hydrogens is 531 g/mol. The number of urea groups is 1. The number of guanidine groups is 1. The number of rotatable bonds is 9. The van der Waals surface area contributed by atoms with Crippen molar-refractivity contribution in [3.8, 4) is 0 Å². The van der Waals surface area contributed by atoms with Crippen LogP contribution in [0, 0.1) is 0 Å². The maximum atomic E-state index is 11.8. The summed E-state index contributed by atoms with van der Waals surface area (Å²) in [6.07, 6.45) is 0.772. The van der Waals surface area contributed by atoms with E-state index in [9.17, 15) is 9.59 Å². The van der Waals surface area contributed by atoms with Crippen LogP contribution in [0.5, 0.6) is 0 Å². The second kappa shape index (κ2) is 15.1. The summed E-state index contributed by atoms with van der Waals surface area (Å²) in [7, 11) is 1.63. The van der Waals surface area contributed by atoms with Gasteiger partial charge in [-0.25, -0.2) is 9.79 Å². The van der Waals surface area contributed by atoms with Crippen LogP contribution in [0.1, 0.15) is 42.3 Å². The van der Waals surface area contributed by atoms with E-state index in [-0.39, 0.29) is 42.0 Å². The van der Waals surface area contributed by atoms with Gasteiger partial charge in [-0.05, 0) is 62.6 Å². The standard InChI is InChI=1S/C24H34N6O2.HI/c1-5-26-23(27-14-13-18-7-6-8-20(15-18)22(31)25-4)28-16-19-9-11-21(12-10-19)30-24(32)29-17(2)3;/h6-12,15,17H,5,13-14,16H2,1-4H3,(H,25,31)(H2,26,27,28)(H2,29,30,32);1H. The highest BCUT2D eigenvalue weighted by molar-refractivity contribution is 14.0. The molecular formula is C24H35IN6O2. The third-order valence-electron chi connectivity index (χ3n) is 4.52. The van der Waals surface area contributed by atoms with Gasteiger partial charge < -0.3 is 26.6 Å². The Labute approximate surface area is 213 Å². The molecule has 0 radical (unpaired) electrons. The van der Waals surface area contributed by atoms with Gasteiger partial charge in [0.05, 0.1) is 6.54 Å². The maximum absolute atomic E-state index is 11.8. The number of anilines is 1. The maximum Gasteiger partial charge on any atom is 0.319 e. The summed E-state index contributed by atoms with van der Waals surface area (Å²) in [6, 6.07) is 15.1. The monoisotopic (exact) mass is 566 g/mol. The lowest BCUT2D eigenvalue weighted by atomic mass is 10.1. The van der Waals surface area contributed by atoms with Crippen LogP contribution in [-0.2, 0) is 13.0 Å². The van der Waals surface area contributed by atoms with E-state index >= 15 is 0 Å². The Morgan fingerprint density at radius 3 is 2.36 bits per heavy atom. The summed E-state index contributed by atoms with van der Waals surface area (Å²) in [4.78, 5) is 28.2. The van der Waals surface area contributed by atoms with E-state index < -0.39 is 0 Å². The van der Waals surface area contributed by atoms with Crippen LogP contribution in [0.25, 0.3) is 0 Å². The molecule has 2 aromatic carbocycles. The zero-order valence-corrected chi connectivity index (χ0v) is 22.0. The average molecular weight is 566 g/mol. The molecule has 0 unspecified atom stereocenters. The van der Waals surface area contributed by atoms with E-state index in [0.29, 0.717) is 18.7 Å². The van der Waals surface area contributed by atoms with E-state index in [0.717, 1.165) is 35.7 Å². The normalized spacial score (nSPS) is 10.8. The van der Waals surface area contributed by atoms with Gasteiger partial charge in [0.1, 0.15) is 0 Å². The lowest BCUT2D eigenvalue weighted by molar-refractivity contribution is 0.0963. The molecule has 0 atom stereocenters. The zero-order valence-electron chi connectivity index (χ0n) is 19.7. The number of nitrogens with one attached hydrogen (secondary N) is 5. The molecule has 0 fully saturated rings. The SMILES string of the molecule is CCNC(=NCc1ccc(NC(=O)NC(C)C)cc1)NCCc1cccc(C(=O)NC)c1.I. The Hall–Kier alpha value is -2.82. The minimum absolute atomic E-state index is 0. The summed E-state index contributed by atoms with van der Waals surface area (Å²) in [5, 5.41) is 14.8. The topological polar surface area (TPSA) is 107 Å². The van der Waals surface area contributed by atoms with Crippen molar-refractivity contribution in [3.63, 3.8) is 0 Å². The fourth-order valence-electron chi connectivity index (χ4n) is 2.97. The van der Waals surface area contributed by atoms with E-state index in [4.69, 9.17) is 0 Å². The number of amides is 3. The molecule has 0 bridgehead atoms. The minimum Gasteiger partial charge on any atom is -0.357 e. The smallest absolute Gasteiger partial charge is 0.319 e. The molecule has 0 saturated carbocycles. The number of benzene rings is 2. The predicted octanol–water partition coefficient (Wildman–Crippen LogP) is 3.49. The molecule has 0 aliphatic carbocycles. The van der Waals surface area contributed by atoms with Gasteiger partial charge in [-0.3, -0.25) is 4.79 Å². The first-order valence-electron chi connectivity index (χ1n) is 10.9. The summed E-state index contributed by atoms with van der Waals surface area (Å²) in [5.41, 5.74) is 3.51. The molecule has 2 aromatic rings. The summed E-state index contributed by atoms with van der Waals surface area (Å²) in [5.74, 6) is 0.643. The second-order valence-electron chi connectivity index (χ2n) is 7.60. The third-order valence-corrected chi connectivity index (χ3v) is 4.52. The van der Waals surface area contributed by atoms with Crippen molar-refractivity contribution in [1.82, 2.24) is 21.3 Å². The van der Waals surface area contributed by atoms with Gasteiger partial charge >= 0.3 is 6.03 Å². The third kappa shape index (κ3) is 10.6. The van der Waals surface area contributed by atoms with Gasteiger partial charge in [0.2, 0.25) is 0 Å². The molecule has 0 spiro atoms. The number of hydrogen-bond acceptors (Lipinski definition) is 3. The van der Waals surface area contributed by atoms with Gasteiger partial charge in [0.25, 0.3) is 5.91 Å². The number of nitrogens with zero attached hydrogens (tertiary/aromatic N) is 1. The Morgan fingerprint density at radius 1 is 1.00 bits per heavy atom. The number of carbonyl (C=O) groups is 2. The van der Waals surface area contributed by atoms with Crippen molar-refractivity contribution in [1.29, 1.82) is 0 Å². The van der Waals surface area contributed by atoms with E-state index in [1.54, 1.807) is 13.1 Å². The molecule has 0 aliphatic rings. The van der Waals surface area contributed by atoms with Crippen LogP contribution in [-0.4, -0.2) is 44.1 Å². The van der Waals surface area contributed by atoms with E-state index in [1.165, 1.54) is 0 Å². The van der Waals surface area contributed by atoms with Crippen LogP contribution in [0.4, 0.5) is 10.5 Å². The van der Waals surface area contributed by atoms with Crippen molar-refractivity contribution in [3.05, 3.63) is 65.2 Å². The molecule has 2 rings (SSSR count). The summed E-state index contributed by atoms with van der Waals surface area (Å²) >= 11 is 0. The lowest BCUT2D eigenvalue weighted by Gasteiger charge is -2.12. The molecule has 0 heterocycles. The van der Waals surface area contributed by atoms with E-state index in [2.05, 4.69) is 31.6 Å². The highest BCUT2D eigenvalue weighted by Gasteiger charge is 2.05. The first kappa shape index (κ1) is 28.2. The van der Waals surface area contributed by atoms with Gasteiger partial charge in [-0.1, -0.05) is 24.3 Å². The van der Waals surface area contributed by atoms with Gasteiger partial charge in [-0.2, -0.15) is 0 Å². The Bertz CT molecular complexity index is 915. The highest BCUT2D eigenvalue weighted by Crippen LogP contribution is 2.10. The Kier molecular flexibility index (Phi) is 12.9. The Balaban J connectivity index is 0.00000544. The fourth-order valence-corrected chi connectivity index (χ4v) is 2.97. The van der Waals surface area contributed by atoms with Gasteiger partial charge in [0, 0.05) is 37.4 Å². The van der Waals surface area contributed by atoms with Crippen molar-refractivity contribution in [2.75, 3.05) is 25.5 Å². The molecule has 9 heteroatoms. The van der Waals surface area contributed by atoms with Crippen molar-refractivity contribution in [2.45, 2.75) is 39.8 Å². The summed E-state index contributed by atoms with van der Waals surface area (Å²) < 4.78 is 0. The lowest BCUT2D eigenvalue weighted by Crippen LogP contribution is -2.38. The van der Waals surface area contributed by atoms with Crippen LogP contribution < -0.4 is 26.6 Å². The molecule has 5 N–H and O–H groups in total. The molecule has 0 aromatic heterocycles. The molecule has 8 nitrogen and oxygen atoms in total. The first-order valence-corrected chi connectivity index (χ1v) is 10.9. The quantitative estimate of drug-likeness (QED) is 0.182. The number of hydrogen-bond donors (Lipinski definition) is 5. The first-order chi connectivity index (χ1) is 15.4. The zero-order chi connectivity index (χ0) is 23.3. The largest absolute Gasteiger partial charge is 0.357 e. The highest BCUT2D eigenvalue weighted by atomic mass is 127. The van der Waals surface area contributed by atoms with Crippen LogP contribution >= 0.6 is 24.0 Å². The van der Waals surface area contributed by atoms with Crippen molar-refractivity contribution in [2.24, 2.45) is 4.99 Å². The number of carbonyl (C=O) groups excluding carboxylic acids is 2. The fraction of sp³-hybridized carbons (Fsp3) is 0.375. The minimum atomic E-state index is -0.217. The molecule has 180 valence electrons. The van der Waals surface area contributed by atoms with Crippen LogP contribution in [0.3, 0.4) is 0 Å². The predicted molar refractivity (Wildman–Crippen MR) is 146 cm³/mol. The van der Waals surface area contributed by atoms with Crippen molar-refractivity contribution < 1.29 is 9.59 Å². The van der Waals surface area contributed by atoms with Gasteiger partial charge in [-0.15, -0.1) is 24.0 Å². The molecule has 0 saturated heterocycles. The van der Waals surface area contributed by atoms with Gasteiger partial charge in [0.15, 0.2) is 5.96 Å². The molecule has 0 aliphatic heterocycles. The molecule has 33 heavy (non-hydrogen) atoms. The number of halogens is 1.